The number of pyridine rings is 1. The lowest BCUT2D eigenvalue weighted by atomic mass is 9.96. The summed E-state index contributed by atoms with van der Waals surface area (Å²) in [7, 11) is 1.67. The molecule has 0 fully saturated rings. The smallest absolute Gasteiger partial charge is 0.141 e. The van der Waals surface area contributed by atoms with Crippen molar-refractivity contribution < 1.29 is 9.13 Å². The fraction of sp³-hybridized carbons (Fsp3) is 0.353. The Bertz CT molecular complexity index is 547. The van der Waals surface area contributed by atoms with Crippen LogP contribution in [0, 0.1) is 5.82 Å². The molecular weight excluding hydrogens is 267 g/mol. The predicted octanol–water partition coefficient (Wildman–Crippen LogP) is 3.65. The van der Waals surface area contributed by atoms with E-state index in [1.165, 1.54) is 12.3 Å². The quantitative estimate of drug-likeness (QED) is 0.844. The van der Waals surface area contributed by atoms with Crippen molar-refractivity contribution in [2.24, 2.45) is 0 Å². The van der Waals surface area contributed by atoms with E-state index in [1.807, 2.05) is 30.3 Å². The molecule has 2 aromatic rings. The van der Waals surface area contributed by atoms with Crippen LogP contribution < -0.4 is 5.32 Å². The molecule has 3 nitrogen and oxygen atoms in total. The summed E-state index contributed by atoms with van der Waals surface area (Å²) in [5.41, 5.74) is 1.84. The van der Waals surface area contributed by atoms with Gasteiger partial charge in [0.05, 0.1) is 12.2 Å². The molecule has 0 bridgehead atoms. The van der Waals surface area contributed by atoms with E-state index in [-0.39, 0.29) is 18.0 Å². The van der Waals surface area contributed by atoms with Crippen LogP contribution >= 0.6 is 0 Å². The molecule has 0 radical (unpaired) electrons. The highest BCUT2D eigenvalue weighted by atomic mass is 19.1. The second kappa shape index (κ2) is 7.86. The first-order chi connectivity index (χ1) is 10.3. The molecule has 2 atom stereocenters. The molecule has 2 unspecified atom stereocenters. The number of methoxy groups -OCH3 is 1. The van der Waals surface area contributed by atoms with Gasteiger partial charge in [-0.15, -0.1) is 0 Å². The van der Waals surface area contributed by atoms with Crippen LogP contribution in [-0.4, -0.2) is 18.6 Å². The van der Waals surface area contributed by atoms with E-state index < -0.39 is 0 Å². The Balaban J connectivity index is 2.33. The average molecular weight is 288 g/mol. The second-order valence-corrected chi connectivity index (χ2v) is 4.94. The lowest BCUT2D eigenvalue weighted by Gasteiger charge is -2.27. The van der Waals surface area contributed by atoms with Gasteiger partial charge in [0, 0.05) is 13.3 Å². The molecule has 0 saturated carbocycles. The predicted molar refractivity (Wildman–Crippen MR) is 81.4 cm³/mol. The Kier molecular flexibility index (Phi) is 5.84. The van der Waals surface area contributed by atoms with Crippen molar-refractivity contribution in [3.8, 4) is 0 Å². The summed E-state index contributed by atoms with van der Waals surface area (Å²) in [4.78, 5) is 3.95. The first-order valence-electron chi connectivity index (χ1n) is 7.17. The van der Waals surface area contributed by atoms with Gasteiger partial charge < -0.3 is 10.1 Å². The zero-order chi connectivity index (χ0) is 15.1. The van der Waals surface area contributed by atoms with Gasteiger partial charge in [0.1, 0.15) is 11.9 Å². The highest BCUT2D eigenvalue weighted by Gasteiger charge is 2.24. The van der Waals surface area contributed by atoms with Gasteiger partial charge in [-0.1, -0.05) is 37.3 Å². The third-order valence-corrected chi connectivity index (χ3v) is 3.38. The van der Waals surface area contributed by atoms with E-state index in [2.05, 4.69) is 17.2 Å². The Morgan fingerprint density at radius 1 is 1.19 bits per heavy atom. The zero-order valence-electron chi connectivity index (χ0n) is 12.4. The number of nitrogens with one attached hydrogen (secondary N) is 1. The highest BCUT2D eigenvalue weighted by molar-refractivity contribution is 5.25. The summed E-state index contributed by atoms with van der Waals surface area (Å²) in [5, 5.41) is 3.43. The van der Waals surface area contributed by atoms with Gasteiger partial charge >= 0.3 is 0 Å². The summed E-state index contributed by atoms with van der Waals surface area (Å²) in [5.74, 6) is -0.335. The van der Waals surface area contributed by atoms with Gasteiger partial charge in [0.25, 0.3) is 0 Å². The van der Waals surface area contributed by atoms with Crippen molar-refractivity contribution in [3.63, 3.8) is 0 Å². The van der Waals surface area contributed by atoms with Gasteiger partial charge in [0.2, 0.25) is 0 Å². The van der Waals surface area contributed by atoms with Crippen molar-refractivity contribution in [3.05, 3.63) is 65.7 Å². The van der Waals surface area contributed by atoms with E-state index in [0.29, 0.717) is 0 Å². The van der Waals surface area contributed by atoms with Crippen LogP contribution in [0.2, 0.25) is 0 Å². The standard InChI is InChI=1S/C17H21FN2O/c1-3-9-20-16(14-10-15(18)12-19-11-14)17(21-2)13-7-5-4-6-8-13/h4-8,10-12,16-17,20H,3,9H2,1-2H3. The Labute approximate surface area is 125 Å². The Morgan fingerprint density at radius 3 is 2.57 bits per heavy atom. The SMILES string of the molecule is CCCNC(c1cncc(F)c1)C(OC)c1ccccc1. The number of rotatable bonds is 7. The van der Waals surface area contributed by atoms with Crippen LogP contribution in [0.1, 0.15) is 36.6 Å². The zero-order valence-corrected chi connectivity index (χ0v) is 12.4. The maximum absolute atomic E-state index is 13.5. The summed E-state index contributed by atoms with van der Waals surface area (Å²) in [6, 6.07) is 11.3. The van der Waals surface area contributed by atoms with Crippen LogP contribution in [0.25, 0.3) is 0 Å². The normalized spacial score (nSPS) is 13.9. The summed E-state index contributed by atoms with van der Waals surface area (Å²) < 4.78 is 19.2. The average Bonchev–Trinajstić information content (AvgIpc) is 2.52. The second-order valence-electron chi connectivity index (χ2n) is 4.94. The molecule has 112 valence electrons. The first-order valence-corrected chi connectivity index (χ1v) is 7.17. The largest absolute Gasteiger partial charge is 0.375 e. The van der Waals surface area contributed by atoms with Crippen molar-refractivity contribution in [1.82, 2.24) is 10.3 Å². The van der Waals surface area contributed by atoms with Crippen molar-refractivity contribution >= 4 is 0 Å². The molecule has 0 saturated heterocycles. The lowest BCUT2D eigenvalue weighted by molar-refractivity contribution is 0.0674. The fourth-order valence-corrected chi connectivity index (χ4v) is 2.41. The maximum Gasteiger partial charge on any atom is 0.141 e. The number of nitrogens with zero attached hydrogens (tertiary/aromatic N) is 1. The fourth-order valence-electron chi connectivity index (χ4n) is 2.41. The molecule has 0 aliphatic heterocycles. The Morgan fingerprint density at radius 2 is 1.95 bits per heavy atom. The monoisotopic (exact) mass is 288 g/mol. The van der Waals surface area contributed by atoms with E-state index in [4.69, 9.17) is 4.74 Å². The van der Waals surface area contributed by atoms with Gasteiger partial charge in [-0.2, -0.15) is 0 Å². The maximum atomic E-state index is 13.5. The lowest BCUT2D eigenvalue weighted by Crippen LogP contribution is -2.29. The number of aromatic nitrogens is 1. The van der Waals surface area contributed by atoms with Crippen LogP contribution in [0.15, 0.2) is 48.8 Å². The molecule has 0 aliphatic carbocycles. The summed E-state index contributed by atoms with van der Waals surface area (Å²) in [6.45, 7) is 2.92. The van der Waals surface area contributed by atoms with E-state index in [9.17, 15) is 4.39 Å². The molecule has 21 heavy (non-hydrogen) atoms. The van der Waals surface area contributed by atoms with Gasteiger partial charge in [-0.05, 0) is 30.2 Å². The number of halogens is 1. The minimum Gasteiger partial charge on any atom is -0.375 e. The minimum absolute atomic E-state index is 0.138. The third-order valence-electron chi connectivity index (χ3n) is 3.38. The molecule has 0 amide bonds. The van der Waals surface area contributed by atoms with Crippen LogP contribution in [-0.2, 0) is 4.74 Å². The summed E-state index contributed by atoms with van der Waals surface area (Å²) >= 11 is 0. The topological polar surface area (TPSA) is 34.2 Å². The third kappa shape index (κ3) is 4.09. The van der Waals surface area contributed by atoms with Crippen molar-refractivity contribution in [2.45, 2.75) is 25.5 Å². The van der Waals surface area contributed by atoms with E-state index in [1.54, 1.807) is 13.3 Å². The van der Waals surface area contributed by atoms with Crippen LogP contribution in [0.3, 0.4) is 0 Å². The van der Waals surface area contributed by atoms with Gasteiger partial charge in [0.15, 0.2) is 0 Å². The highest BCUT2D eigenvalue weighted by Crippen LogP contribution is 2.31. The molecule has 2 rings (SSSR count). The molecule has 0 spiro atoms. The number of hydrogen-bond acceptors (Lipinski definition) is 3. The molecule has 1 aromatic heterocycles. The van der Waals surface area contributed by atoms with E-state index in [0.717, 1.165) is 24.1 Å². The van der Waals surface area contributed by atoms with Crippen molar-refractivity contribution in [2.75, 3.05) is 13.7 Å². The van der Waals surface area contributed by atoms with Crippen molar-refractivity contribution in [1.29, 1.82) is 0 Å². The number of hydrogen-bond donors (Lipinski definition) is 1. The van der Waals surface area contributed by atoms with E-state index >= 15 is 0 Å². The molecule has 1 N–H and O–H groups in total. The van der Waals surface area contributed by atoms with Gasteiger partial charge in [-0.3, -0.25) is 4.98 Å². The van der Waals surface area contributed by atoms with Crippen LogP contribution in [0.5, 0.6) is 0 Å². The number of ether oxygens (including phenoxy) is 1. The molecule has 1 heterocycles. The Hall–Kier alpha value is -1.78. The molecule has 1 aromatic carbocycles. The first kappa shape index (κ1) is 15.6. The molecule has 0 aliphatic rings. The van der Waals surface area contributed by atoms with Crippen LogP contribution in [0.4, 0.5) is 4.39 Å². The minimum atomic E-state index is -0.335. The molecule has 4 heteroatoms. The summed E-state index contributed by atoms with van der Waals surface area (Å²) in [6.07, 6.45) is 3.70. The van der Waals surface area contributed by atoms with Gasteiger partial charge in [-0.25, -0.2) is 4.39 Å². The molecular formula is C17H21FN2O. The number of benzene rings is 1.